The van der Waals surface area contributed by atoms with Crippen LogP contribution in [0.25, 0.3) is 11.1 Å². The summed E-state index contributed by atoms with van der Waals surface area (Å²) >= 11 is 3.54. The van der Waals surface area contributed by atoms with Crippen LogP contribution >= 0.6 is 15.9 Å². The van der Waals surface area contributed by atoms with Crippen LogP contribution < -0.4 is 4.74 Å². The molecule has 0 bridgehead atoms. The predicted octanol–water partition coefficient (Wildman–Crippen LogP) is 7.13. The summed E-state index contributed by atoms with van der Waals surface area (Å²) in [6.07, 6.45) is 3.66. The minimum atomic E-state index is -0.297. The summed E-state index contributed by atoms with van der Waals surface area (Å²) in [7, 11) is 0. The molecule has 0 aromatic heterocycles. The molecule has 2 heteroatoms. The Morgan fingerprint density at radius 1 is 1.00 bits per heavy atom. The molecule has 0 unspecified atom stereocenters. The number of alkyl halides is 1. The van der Waals surface area contributed by atoms with Crippen molar-refractivity contribution in [3.63, 3.8) is 0 Å². The van der Waals surface area contributed by atoms with E-state index in [4.69, 9.17) is 4.74 Å². The van der Waals surface area contributed by atoms with Crippen LogP contribution in [0.15, 0.2) is 36.4 Å². The van der Waals surface area contributed by atoms with Gasteiger partial charge < -0.3 is 4.74 Å². The van der Waals surface area contributed by atoms with Crippen molar-refractivity contribution in [2.75, 3.05) is 5.33 Å². The highest BCUT2D eigenvalue weighted by Gasteiger charge is 2.33. The first kappa shape index (κ1) is 18.5. The van der Waals surface area contributed by atoms with E-state index in [2.05, 4.69) is 86.9 Å². The lowest BCUT2D eigenvalue weighted by molar-refractivity contribution is 0.105. The number of halogens is 1. The van der Waals surface area contributed by atoms with E-state index < -0.39 is 0 Å². The fourth-order valence-electron chi connectivity index (χ4n) is 3.79. The highest BCUT2D eigenvalue weighted by molar-refractivity contribution is 9.09. The SMILES string of the molecule is Cc1ccc2c(c1)-c1ccc(C(C)(C)CCCCBr)cc1OC2(C)C. The fraction of sp³-hybridized carbons (Fsp3) is 0.478. The lowest BCUT2D eigenvalue weighted by atomic mass is 9.78. The third-order valence-corrected chi connectivity index (χ3v) is 5.99. The summed E-state index contributed by atoms with van der Waals surface area (Å²) in [6.45, 7) is 11.2. The molecule has 0 saturated heterocycles. The lowest BCUT2D eigenvalue weighted by Crippen LogP contribution is -2.29. The van der Waals surface area contributed by atoms with Gasteiger partial charge in [-0.15, -0.1) is 0 Å². The number of rotatable bonds is 5. The van der Waals surface area contributed by atoms with Crippen molar-refractivity contribution in [2.45, 2.75) is 64.9 Å². The molecule has 0 fully saturated rings. The summed E-state index contributed by atoms with van der Waals surface area (Å²) in [5, 5.41) is 1.08. The average Bonchev–Trinajstić information content (AvgIpc) is 2.53. The summed E-state index contributed by atoms with van der Waals surface area (Å²) in [4.78, 5) is 0. The average molecular weight is 401 g/mol. The molecular weight excluding hydrogens is 372 g/mol. The molecule has 1 heterocycles. The first-order valence-corrected chi connectivity index (χ1v) is 10.4. The quantitative estimate of drug-likeness (QED) is 0.382. The lowest BCUT2D eigenvalue weighted by Gasteiger charge is -2.36. The number of aryl methyl sites for hydroxylation is 1. The Bertz CT molecular complexity index is 774. The minimum Gasteiger partial charge on any atom is -0.482 e. The van der Waals surface area contributed by atoms with Gasteiger partial charge in [0.25, 0.3) is 0 Å². The van der Waals surface area contributed by atoms with Crippen molar-refractivity contribution in [2.24, 2.45) is 0 Å². The predicted molar refractivity (Wildman–Crippen MR) is 111 cm³/mol. The number of benzene rings is 2. The molecule has 134 valence electrons. The smallest absolute Gasteiger partial charge is 0.129 e. The van der Waals surface area contributed by atoms with E-state index in [0.717, 1.165) is 11.1 Å². The summed E-state index contributed by atoms with van der Waals surface area (Å²) in [6, 6.07) is 13.5. The molecule has 0 spiro atoms. The van der Waals surface area contributed by atoms with Gasteiger partial charge in [-0.3, -0.25) is 0 Å². The normalized spacial score (nSPS) is 15.3. The monoisotopic (exact) mass is 400 g/mol. The Kier molecular flexibility index (Phi) is 5.03. The minimum absolute atomic E-state index is 0.164. The van der Waals surface area contributed by atoms with Crippen LogP contribution in [0, 0.1) is 6.92 Å². The molecular formula is C23H29BrO. The van der Waals surface area contributed by atoms with Gasteiger partial charge in [0.1, 0.15) is 11.4 Å². The Hall–Kier alpha value is -1.28. The maximum atomic E-state index is 6.44. The van der Waals surface area contributed by atoms with Gasteiger partial charge in [0.2, 0.25) is 0 Å². The van der Waals surface area contributed by atoms with Crippen LogP contribution in [0.2, 0.25) is 0 Å². The van der Waals surface area contributed by atoms with Gasteiger partial charge in [0.15, 0.2) is 0 Å². The number of fused-ring (bicyclic) bond motifs is 3. The van der Waals surface area contributed by atoms with Crippen LogP contribution in [0.4, 0.5) is 0 Å². The second kappa shape index (κ2) is 6.79. The van der Waals surface area contributed by atoms with Gasteiger partial charge in [-0.2, -0.15) is 0 Å². The molecule has 0 atom stereocenters. The molecule has 0 N–H and O–H groups in total. The van der Waals surface area contributed by atoms with Crippen molar-refractivity contribution in [3.05, 3.63) is 53.1 Å². The molecule has 0 aliphatic carbocycles. The fourth-order valence-corrected chi connectivity index (χ4v) is 4.19. The zero-order valence-corrected chi connectivity index (χ0v) is 17.7. The number of hydrogen-bond donors (Lipinski definition) is 0. The van der Waals surface area contributed by atoms with Crippen molar-refractivity contribution in [1.82, 2.24) is 0 Å². The Balaban J connectivity index is 2.01. The van der Waals surface area contributed by atoms with Crippen molar-refractivity contribution < 1.29 is 4.74 Å². The van der Waals surface area contributed by atoms with Crippen LogP contribution in [0.5, 0.6) is 5.75 Å². The van der Waals surface area contributed by atoms with Crippen LogP contribution in [0.1, 0.15) is 63.6 Å². The molecule has 1 nitrogen and oxygen atoms in total. The number of unbranched alkanes of at least 4 members (excludes halogenated alkanes) is 1. The second-order valence-corrected chi connectivity index (χ2v) is 9.20. The van der Waals surface area contributed by atoms with Gasteiger partial charge in [-0.25, -0.2) is 0 Å². The summed E-state index contributed by atoms with van der Waals surface area (Å²) in [5.41, 5.74) is 6.34. The first-order chi connectivity index (χ1) is 11.7. The molecule has 0 saturated carbocycles. The van der Waals surface area contributed by atoms with E-state index >= 15 is 0 Å². The molecule has 2 aromatic rings. The van der Waals surface area contributed by atoms with E-state index in [1.165, 1.54) is 47.1 Å². The second-order valence-electron chi connectivity index (χ2n) is 8.40. The van der Waals surface area contributed by atoms with Crippen LogP contribution in [-0.2, 0) is 11.0 Å². The Labute approximate surface area is 160 Å². The third-order valence-electron chi connectivity index (χ3n) is 5.43. The molecule has 1 aliphatic rings. The van der Waals surface area contributed by atoms with E-state index in [9.17, 15) is 0 Å². The van der Waals surface area contributed by atoms with Gasteiger partial charge in [0, 0.05) is 16.5 Å². The molecule has 2 aromatic carbocycles. The molecule has 0 amide bonds. The zero-order chi connectivity index (χ0) is 18.2. The van der Waals surface area contributed by atoms with E-state index in [-0.39, 0.29) is 11.0 Å². The van der Waals surface area contributed by atoms with Crippen molar-refractivity contribution >= 4 is 15.9 Å². The standard InChI is InChI=1S/C23H29BrO/c1-16-8-11-20-19(14-16)18-10-9-17(15-21(18)25-23(20,4)5)22(2,3)12-6-7-13-24/h8-11,14-15H,6-7,12-13H2,1-5H3. The van der Waals surface area contributed by atoms with Crippen LogP contribution in [-0.4, -0.2) is 5.33 Å². The third kappa shape index (κ3) is 3.65. The Morgan fingerprint density at radius 2 is 1.76 bits per heavy atom. The molecule has 0 radical (unpaired) electrons. The highest BCUT2D eigenvalue weighted by atomic mass is 79.9. The Morgan fingerprint density at radius 3 is 2.48 bits per heavy atom. The van der Waals surface area contributed by atoms with E-state index in [1.807, 2.05) is 0 Å². The van der Waals surface area contributed by atoms with Gasteiger partial charge in [-0.05, 0) is 56.2 Å². The van der Waals surface area contributed by atoms with Gasteiger partial charge >= 0.3 is 0 Å². The number of ether oxygens (including phenoxy) is 1. The van der Waals surface area contributed by atoms with Gasteiger partial charge in [0.05, 0.1) is 0 Å². The molecule has 1 aliphatic heterocycles. The number of hydrogen-bond acceptors (Lipinski definition) is 1. The highest BCUT2D eigenvalue weighted by Crippen LogP contribution is 2.47. The van der Waals surface area contributed by atoms with Gasteiger partial charge in [-0.1, -0.05) is 72.1 Å². The molecule has 25 heavy (non-hydrogen) atoms. The zero-order valence-electron chi connectivity index (χ0n) is 16.1. The topological polar surface area (TPSA) is 9.23 Å². The molecule has 3 rings (SSSR count). The maximum absolute atomic E-state index is 6.44. The van der Waals surface area contributed by atoms with Crippen molar-refractivity contribution in [1.29, 1.82) is 0 Å². The first-order valence-electron chi connectivity index (χ1n) is 9.26. The summed E-state index contributed by atoms with van der Waals surface area (Å²) < 4.78 is 6.44. The van der Waals surface area contributed by atoms with E-state index in [0.29, 0.717) is 0 Å². The largest absolute Gasteiger partial charge is 0.482 e. The van der Waals surface area contributed by atoms with E-state index in [1.54, 1.807) is 0 Å². The van der Waals surface area contributed by atoms with Crippen LogP contribution in [0.3, 0.4) is 0 Å². The van der Waals surface area contributed by atoms with Crippen molar-refractivity contribution in [3.8, 4) is 16.9 Å². The maximum Gasteiger partial charge on any atom is 0.129 e. The summed E-state index contributed by atoms with van der Waals surface area (Å²) in [5.74, 6) is 1.02.